The number of benzene rings is 2. The van der Waals surface area contributed by atoms with E-state index in [1.807, 2.05) is 30.3 Å². The summed E-state index contributed by atoms with van der Waals surface area (Å²) in [5.74, 6) is 1.87. The lowest BCUT2D eigenvalue weighted by molar-refractivity contribution is 0.101. The van der Waals surface area contributed by atoms with Gasteiger partial charge in [0, 0.05) is 12.1 Å². The molecule has 0 aliphatic rings. The predicted molar refractivity (Wildman–Crippen MR) is 124 cm³/mol. The molecule has 34 heavy (non-hydrogen) atoms. The summed E-state index contributed by atoms with van der Waals surface area (Å²) in [6.07, 6.45) is 1.55. The fourth-order valence-electron chi connectivity index (χ4n) is 3.45. The third kappa shape index (κ3) is 3.99. The van der Waals surface area contributed by atoms with Crippen molar-refractivity contribution in [2.75, 3.05) is 19.5 Å². The van der Waals surface area contributed by atoms with Crippen molar-refractivity contribution >= 4 is 11.9 Å². The number of nitrogens with zero attached hydrogens (tertiary/aromatic N) is 4. The highest BCUT2D eigenvalue weighted by atomic mass is 16.5. The van der Waals surface area contributed by atoms with Crippen LogP contribution in [-0.2, 0) is 0 Å². The second kappa shape index (κ2) is 8.94. The third-order valence-corrected chi connectivity index (χ3v) is 5.09. The Morgan fingerprint density at radius 2 is 1.88 bits per heavy atom. The first kappa shape index (κ1) is 21.0. The van der Waals surface area contributed by atoms with Crippen molar-refractivity contribution in [3.05, 3.63) is 78.7 Å². The van der Waals surface area contributed by atoms with Crippen molar-refractivity contribution in [2.24, 2.45) is 0 Å². The summed E-state index contributed by atoms with van der Waals surface area (Å²) in [5.41, 5.74) is 2.22. The second-order valence-corrected chi connectivity index (χ2v) is 7.17. The maximum atomic E-state index is 13.2. The summed E-state index contributed by atoms with van der Waals surface area (Å²) >= 11 is 0. The van der Waals surface area contributed by atoms with E-state index in [1.165, 1.54) is 0 Å². The number of rotatable bonds is 7. The number of nitrogens with one attached hydrogen (secondary N) is 2. The number of para-hydroxylation sites is 1. The minimum absolute atomic E-state index is 0.109. The molecule has 0 spiro atoms. The fraction of sp³-hybridized carbons (Fsp3) is 0.0833. The van der Waals surface area contributed by atoms with Gasteiger partial charge in [-0.1, -0.05) is 18.2 Å². The lowest BCUT2D eigenvalue weighted by Crippen LogP contribution is -2.17. The SMILES string of the molecule is COc1ccc(-c2nc(NC(=O)c3cc(-c4ccco4)nn3-c3ccccc3)n[nH]2)c(OC)c1. The van der Waals surface area contributed by atoms with Gasteiger partial charge in [0.25, 0.3) is 5.91 Å². The Bertz CT molecular complexity index is 1420. The smallest absolute Gasteiger partial charge is 0.276 e. The molecule has 0 radical (unpaired) electrons. The number of ether oxygens (including phenoxy) is 2. The molecule has 2 N–H and O–H groups in total. The highest BCUT2D eigenvalue weighted by Gasteiger charge is 2.21. The molecule has 0 aliphatic heterocycles. The number of H-pyrrole nitrogens is 1. The second-order valence-electron chi connectivity index (χ2n) is 7.17. The van der Waals surface area contributed by atoms with Gasteiger partial charge in [-0.25, -0.2) is 4.68 Å². The zero-order valence-corrected chi connectivity index (χ0v) is 18.4. The summed E-state index contributed by atoms with van der Waals surface area (Å²) in [7, 11) is 3.13. The molecule has 3 aromatic heterocycles. The first-order chi connectivity index (χ1) is 16.7. The maximum absolute atomic E-state index is 13.2. The van der Waals surface area contributed by atoms with Crippen LogP contribution in [0, 0.1) is 0 Å². The Balaban J connectivity index is 1.45. The van der Waals surface area contributed by atoms with Crippen molar-refractivity contribution in [1.82, 2.24) is 25.0 Å². The van der Waals surface area contributed by atoms with E-state index in [2.05, 4.69) is 25.6 Å². The van der Waals surface area contributed by atoms with Crippen LogP contribution in [0.1, 0.15) is 10.5 Å². The molecule has 0 unspecified atom stereocenters. The van der Waals surface area contributed by atoms with E-state index in [0.29, 0.717) is 40.0 Å². The molecule has 10 nitrogen and oxygen atoms in total. The molecule has 0 atom stereocenters. The van der Waals surface area contributed by atoms with Crippen molar-refractivity contribution < 1.29 is 18.7 Å². The van der Waals surface area contributed by atoms with Gasteiger partial charge in [0.2, 0.25) is 5.95 Å². The van der Waals surface area contributed by atoms with Gasteiger partial charge in [0.1, 0.15) is 22.9 Å². The summed E-state index contributed by atoms with van der Waals surface area (Å²) in [6.45, 7) is 0. The number of amides is 1. The molecule has 5 rings (SSSR count). The van der Waals surface area contributed by atoms with Gasteiger partial charge in [-0.15, -0.1) is 5.10 Å². The van der Waals surface area contributed by atoms with E-state index in [1.54, 1.807) is 61.6 Å². The molecule has 2 aromatic carbocycles. The zero-order chi connectivity index (χ0) is 23.5. The summed E-state index contributed by atoms with van der Waals surface area (Å²) in [4.78, 5) is 17.6. The summed E-state index contributed by atoms with van der Waals surface area (Å²) in [5, 5.41) is 14.3. The molecule has 0 fully saturated rings. The molecule has 10 heteroatoms. The van der Waals surface area contributed by atoms with Gasteiger partial charge in [0.15, 0.2) is 11.6 Å². The van der Waals surface area contributed by atoms with Crippen molar-refractivity contribution in [3.8, 4) is 40.0 Å². The Morgan fingerprint density at radius 1 is 1.03 bits per heavy atom. The average Bonchev–Trinajstić information content (AvgIpc) is 3.65. The van der Waals surface area contributed by atoms with Crippen LogP contribution >= 0.6 is 0 Å². The molecule has 1 amide bonds. The molecule has 0 aliphatic carbocycles. The molecule has 0 saturated carbocycles. The number of methoxy groups -OCH3 is 2. The topological polar surface area (TPSA) is 120 Å². The Labute approximate surface area is 194 Å². The van der Waals surface area contributed by atoms with Gasteiger partial charge < -0.3 is 13.9 Å². The fourth-order valence-corrected chi connectivity index (χ4v) is 3.45. The number of carbonyl (C=O) groups excluding carboxylic acids is 1. The quantitative estimate of drug-likeness (QED) is 0.377. The standard InChI is InChI=1S/C24H20N6O4/c1-32-16-10-11-17(21(13-16)33-2)22-25-24(28-27-22)26-23(31)19-14-18(20-9-6-12-34-20)29-30(19)15-7-4-3-5-8-15/h3-14H,1-2H3,(H2,25,26,27,28,31). The van der Waals surface area contributed by atoms with E-state index in [0.717, 1.165) is 5.69 Å². The van der Waals surface area contributed by atoms with E-state index >= 15 is 0 Å². The highest BCUT2D eigenvalue weighted by molar-refractivity contribution is 6.03. The lowest BCUT2D eigenvalue weighted by Gasteiger charge is -2.08. The van der Waals surface area contributed by atoms with E-state index in [-0.39, 0.29) is 5.95 Å². The number of anilines is 1. The van der Waals surface area contributed by atoms with Crippen LogP contribution in [-0.4, -0.2) is 45.1 Å². The lowest BCUT2D eigenvalue weighted by atomic mass is 10.2. The number of furan rings is 1. The zero-order valence-electron chi connectivity index (χ0n) is 18.4. The molecule has 0 saturated heterocycles. The highest BCUT2D eigenvalue weighted by Crippen LogP contribution is 2.31. The monoisotopic (exact) mass is 456 g/mol. The van der Waals surface area contributed by atoms with Crippen LogP contribution in [0.2, 0.25) is 0 Å². The average molecular weight is 456 g/mol. The number of hydrogen-bond acceptors (Lipinski definition) is 7. The minimum atomic E-state index is -0.429. The van der Waals surface area contributed by atoms with Gasteiger partial charge in [-0.3, -0.25) is 15.2 Å². The van der Waals surface area contributed by atoms with Gasteiger partial charge >= 0.3 is 0 Å². The molecule has 3 heterocycles. The number of hydrogen-bond donors (Lipinski definition) is 2. The van der Waals surface area contributed by atoms with Crippen LogP contribution in [0.15, 0.2) is 77.4 Å². The van der Waals surface area contributed by atoms with Crippen molar-refractivity contribution in [3.63, 3.8) is 0 Å². The molecular formula is C24H20N6O4. The Morgan fingerprint density at radius 3 is 2.62 bits per heavy atom. The Hall–Kier alpha value is -4.86. The van der Waals surface area contributed by atoms with E-state index in [9.17, 15) is 4.79 Å². The van der Waals surface area contributed by atoms with Gasteiger partial charge in [0.05, 0.1) is 31.7 Å². The predicted octanol–water partition coefficient (Wildman–Crippen LogP) is 4.19. The Kier molecular flexibility index (Phi) is 5.53. The maximum Gasteiger partial charge on any atom is 0.276 e. The summed E-state index contributed by atoms with van der Waals surface area (Å²) < 4.78 is 17.7. The van der Waals surface area contributed by atoms with Crippen molar-refractivity contribution in [2.45, 2.75) is 0 Å². The largest absolute Gasteiger partial charge is 0.497 e. The van der Waals surface area contributed by atoms with Crippen LogP contribution in [0.3, 0.4) is 0 Å². The minimum Gasteiger partial charge on any atom is -0.497 e. The van der Waals surface area contributed by atoms with Crippen LogP contribution < -0.4 is 14.8 Å². The molecule has 0 bridgehead atoms. The summed E-state index contributed by atoms with van der Waals surface area (Å²) in [6, 6.07) is 19.9. The third-order valence-electron chi connectivity index (χ3n) is 5.09. The van der Waals surface area contributed by atoms with E-state index < -0.39 is 5.91 Å². The normalized spacial score (nSPS) is 10.8. The van der Waals surface area contributed by atoms with Crippen LogP contribution in [0.25, 0.3) is 28.5 Å². The number of carbonyl (C=O) groups is 1. The van der Waals surface area contributed by atoms with E-state index in [4.69, 9.17) is 13.9 Å². The molecule has 5 aromatic rings. The first-order valence-corrected chi connectivity index (χ1v) is 10.3. The van der Waals surface area contributed by atoms with Gasteiger partial charge in [-0.05, 0) is 36.4 Å². The van der Waals surface area contributed by atoms with Gasteiger partial charge in [-0.2, -0.15) is 10.1 Å². The first-order valence-electron chi connectivity index (χ1n) is 10.3. The number of aromatic nitrogens is 5. The molecular weight excluding hydrogens is 436 g/mol. The van der Waals surface area contributed by atoms with Crippen LogP contribution in [0.5, 0.6) is 11.5 Å². The van der Waals surface area contributed by atoms with Crippen molar-refractivity contribution in [1.29, 1.82) is 0 Å². The number of aromatic amines is 1. The van der Waals surface area contributed by atoms with Crippen LogP contribution in [0.4, 0.5) is 5.95 Å². The molecule has 170 valence electrons.